The van der Waals surface area contributed by atoms with Gasteiger partial charge in [-0.3, -0.25) is 14.5 Å². The highest BCUT2D eigenvalue weighted by Crippen LogP contribution is 2.47. The molecular weight excluding hydrogens is 807 g/mol. The summed E-state index contributed by atoms with van der Waals surface area (Å²) in [4.78, 5) is 52.3. The maximum absolute atomic E-state index is 14.1. The number of rotatable bonds is 17. The van der Waals surface area contributed by atoms with Gasteiger partial charge < -0.3 is 29.0 Å². The number of imide groups is 1. The van der Waals surface area contributed by atoms with Crippen molar-refractivity contribution in [1.82, 2.24) is 10.2 Å². The average Bonchev–Trinajstić information content (AvgIpc) is 3.54. The summed E-state index contributed by atoms with van der Waals surface area (Å²) in [6.45, 7) is 1.71. The Morgan fingerprint density at radius 2 is 1.18 bits per heavy atom. The molecule has 0 spiro atoms. The monoisotopic (exact) mass is 846 g/mol. The molecule has 5 aromatic rings. The number of fused-ring (bicyclic) bond motifs is 1. The molecule has 11 nitrogen and oxygen atoms in total. The van der Waals surface area contributed by atoms with Crippen molar-refractivity contribution in [3.63, 3.8) is 0 Å². The SMILES string of the molecule is COc1ccccc1C(OCCCCCCOC(=O)NC(C)N1C(=O)c2ccc(C(=O)Oc3c(F)c(F)c(F)c(F)c3F)cc2C1=O)(c1ccccc1)c1ccccc1OC. The second-order valence-corrected chi connectivity index (χ2v) is 13.7. The van der Waals surface area contributed by atoms with Gasteiger partial charge in [-0.05, 0) is 62.1 Å². The summed E-state index contributed by atoms with van der Waals surface area (Å²) in [5, 5.41) is 2.41. The molecule has 1 aliphatic heterocycles. The number of amides is 3. The van der Waals surface area contributed by atoms with E-state index in [4.69, 9.17) is 18.9 Å². The van der Waals surface area contributed by atoms with E-state index in [1.54, 1.807) is 14.2 Å². The fraction of sp³-hybridized carbons (Fsp3) is 0.244. The number of nitrogens with zero attached hydrogens (tertiary/aromatic N) is 1. The van der Waals surface area contributed by atoms with Crippen LogP contribution in [0.5, 0.6) is 17.2 Å². The number of unbranched alkanes of at least 4 members (excludes halogenated alkanes) is 3. The first-order chi connectivity index (χ1) is 29.3. The van der Waals surface area contributed by atoms with Crippen LogP contribution in [0.2, 0.25) is 0 Å². The zero-order valence-corrected chi connectivity index (χ0v) is 33.1. The molecule has 1 heterocycles. The van der Waals surface area contributed by atoms with Gasteiger partial charge in [0.05, 0.1) is 37.5 Å². The van der Waals surface area contributed by atoms with Gasteiger partial charge in [0.2, 0.25) is 34.8 Å². The number of para-hydroxylation sites is 2. The summed E-state index contributed by atoms with van der Waals surface area (Å²) in [7, 11) is 3.21. The number of ether oxygens (including phenoxy) is 5. The van der Waals surface area contributed by atoms with Gasteiger partial charge in [0, 0.05) is 17.7 Å². The van der Waals surface area contributed by atoms with Crippen molar-refractivity contribution in [2.24, 2.45) is 0 Å². The van der Waals surface area contributed by atoms with Crippen molar-refractivity contribution in [3.8, 4) is 17.2 Å². The summed E-state index contributed by atoms with van der Waals surface area (Å²) in [6.07, 6.45) is 0.384. The molecule has 318 valence electrons. The Bertz CT molecular complexity index is 2370. The molecule has 0 bridgehead atoms. The molecule has 3 amide bonds. The summed E-state index contributed by atoms with van der Waals surface area (Å²) >= 11 is 0. The first-order valence-corrected chi connectivity index (χ1v) is 19.0. The van der Waals surface area contributed by atoms with Crippen LogP contribution >= 0.6 is 0 Å². The zero-order valence-electron chi connectivity index (χ0n) is 33.1. The number of benzene rings is 5. The predicted octanol–water partition coefficient (Wildman–Crippen LogP) is 8.86. The predicted molar refractivity (Wildman–Crippen MR) is 209 cm³/mol. The summed E-state index contributed by atoms with van der Waals surface area (Å²) < 4.78 is 97.1. The molecule has 0 aromatic heterocycles. The van der Waals surface area contributed by atoms with Crippen LogP contribution in [0.3, 0.4) is 0 Å². The van der Waals surface area contributed by atoms with Gasteiger partial charge in [0.15, 0.2) is 5.60 Å². The van der Waals surface area contributed by atoms with Crippen LogP contribution in [0.4, 0.5) is 26.7 Å². The number of esters is 1. The highest BCUT2D eigenvalue weighted by molar-refractivity contribution is 6.22. The fourth-order valence-electron chi connectivity index (χ4n) is 7.03. The molecule has 0 fully saturated rings. The molecule has 5 aromatic carbocycles. The van der Waals surface area contributed by atoms with E-state index in [-0.39, 0.29) is 17.7 Å². The lowest BCUT2D eigenvalue weighted by molar-refractivity contribution is 0.00742. The standard InChI is InChI=1S/C45H39F5N2O9/c1-26(52-41(53)29-22-21-27(25-30(29)42(52)54)43(55)61-40-38(49)36(47)35(46)37(48)39(40)50)51-44(56)59-23-13-4-5-14-24-60-45(28-15-7-6-8-16-28,31-17-9-11-19-33(31)57-2)32-18-10-12-20-34(32)58-3/h6-12,15-22,25-26H,4-5,13-14,23-24H2,1-3H3,(H,51,56). The van der Waals surface area contributed by atoms with E-state index in [1.165, 1.54) is 6.92 Å². The third-order valence-corrected chi connectivity index (χ3v) is 9.98. The molecule has 0 radical (unpaired) electrons. The van der Waals surface area contributed by atoms with Gasteiger partial charge in [0.1, 0.15) is 17.7 Å². The highest BCUT2D eigenvalue weighted by Gasteiger charge is 2.43. The van der Waals surface area contributed by atoms with Crippen molar-refractivity contribution in [3.05, 3.63) is 160 Å². The topological polar surface area (TPSA) is 130 Å². The van der Waals surface area contributed by atoms with Crippen molar-refractivity contribution >= 4 is 23.9 Å². The van der Waals surface area contributed by atoms with Gasteiger partial charge in [-0.2, -0.15) is 8.78 Å². The lowest BCUT2D eigenvalue weighted by atomic mass is 9.79. The minimum Gasteiger partial charge on any atom is -0.496 e. The maximum atomic E-state index is 14.1. The van der Waals surface area contributed by atoms with E-state index >= 15 is 0 Å². The number of halogens is 5. The molecule has 6 rings (SSSR count). The number of hydrogen-bond acceptors (Lipinski definition) is 9. The lowest BCUT2D eigenvalue weighted by Crippen LogP contribution is -2.49. The van der Waals surface area contributed by atoms with Crippen LogP contribution in [-0.2, 0) is 15.1 Å². The molecular formula is C45H39F5N2O9. The van der Waals surface area contributed by atoms with Crippen molar-refractivity contribution < 1.29 is 64.8 Å². The lowest BCUT2D eigenvalue weighted by Gasteiger charge is -2.37. The third kappa shape index (κ3) is 8.75. The maximum Gasteiger partial charge on any atom is 0.408 e. The first-order valence-electron chi connectivity index (χ1n) is 19.0. The molecule has 61 heavy (non-hydrogen) atoms. The third-order valence-electron chi connectivity index (χ3n) is 9.98. The molecule has 1 unspecified atom stereocenters. The molecule has 16 heteroatoms. The minimum atomic E-state index is -2.45. The second-order valence-electron chi connectivity index (χ2n) is 13.7. The van der Waals surface area contributed by atoms with Crippen LogP contribution in [0.25, 0.3) is 0 Å². The fourth-order valence-corrected chi connectivity index (χ4v) is 7.03. The molecule has 0 saturated heterocycles. The Labute approximate surface area is 346 Å². The van der Waals surface area contributed by atoms with Crippen molar-refractivity contribution in [1.29, 1.82) is 0 Å². The normalized spacial score (nSPS) is 12.8. The Balaban J connectivity index is 1.01. The first kappa shape index (κ1) is 43.8. The number of hydrogen-bond donors (Lipinski definition) is 1. The van der Waals surface area contributed by atoms with E-state index in [2.05, 4.69) is 10.1 Å². The van der Waals surface area contributed by atoms with Gasteiger partial charge in [0.25, 0.3) is 11.8 Å². The highest BCUT2D eigenvalue weighted by atomic mass is 19.2. The minimum absolute atomic E-state index is 0.0203. The van der Waals surface area contributed by atoms with Gasteiger partial charge in [-0.25, -0.2) is 22.8 Å². The quantitative estimate of drug-likeness (QED) is 0.0143. The largest absolute Gasteiger partial charge is 0.496 e. The summed E-state index contributed by atoms with van der Waals surface area (Å²) in [6, 6.07) is 28.0. The molecule has 0 saturated carbocycles. The zero-order chi connectivity index (χ0) is 43.8. The molecule has 1 aliphatic rings. The number of alkyl carbamates (subject to hydrolysis) is 1. The number of carbonyl (C=O) groups is 4. The van der Waals surface area contributed by atoms with Crippen LogP contribution in [0.1, 0.15) is 80.4 Å². The number of methoxy groups -OCH3 is 2. The van der Waals surface area contributed by atoms with Crippen LogP contribution < -0.4 is 19.5 Å². The average molecular weight is 847 g/mol. The van der Waals surface area contributed by atoms with Crippen molar-refractivity contribution in [2.45, 2.75) is 44.4 Å². The van der Waals surface area contributed by atoms with E-state index in [1.807, 2.05) is 78.9 Å². The van der Waals surface area contributed by atoms with E-state index in [0.717, 1.165) is 41.3 Å². The van der Waals surface area contributed by atoms with Crippen LogP contribution in [0, 0.1) is 29.1 Å². The molecule has 1 atom stereocenters. The van der Waals surface area contributed by atoms with E-state index < -0.39 is 76.0 Å². The molecule has 0 aliphatic carbocycles. The number of nitrogens with one attached hydrogen (secondary N) is 1. The Kier molecular flexibility index (Phi) is 13.7. The van der Waals surface area contributed by atoms with E-state index in [0.29, 0.717) is 42.3 Å². The Morgan fingerprint density at radius 3 is 1.77 bits per heavy atom. The van der Waals surface area contributed by atoms with Crippen LogP contribution in [0.15, 0.2) is 97.1 Å². The summed E-state index contributed by atoms with van der Waals surface area (Å²) in [5.74, 6) is -15.8. The molecule has 1 N–H and O–H groups in total. The Morgan fingerprint density at radius 1 is 0.656 bits per heavy atom. The van der Waals surface area contributed by atoms with E-state index in [9.17, 15) is 41.1 Å². The van der Waals surface area contributed by atoms with Gasteiger partial charge in [-0.1, -0.05) is 73.2 Å². The van der Waals surface area contributed by atoms with Crippen LogP contribution in [-0.4, -0.2) is 62.4 Å². The summed E-state index contributed by atoms with van der Waals surface area (Å²) in [5.41, 5.74) is 0.307. The number of carbonyl (C=O) groups excluding carboxylic acids is 4. The second kappa shape index (κ2) is 19.1. The van der Waals surface area contributed by atoms with Crippen molar-refractivity contribution in [2.75, 3.05) is 27.4 Å². The smallest absolute Gasteiger partial charge is 0.408 e. The van der Waals surface area contributed by atoms with Gasteiger partial charge >= 0.3 is 12.1 Å². The Hall–Kier alpha value is -6.81. The van der Waals surface area contributed by atoms with Gasteiger partial charge in [-0.15, -0.1) is 0 Å².